The summed E-state index contributed by atoms with van der Waals surface area (Å²) in [5.74, 6) is 0.764. The van der Waals surface area contributed by atoms with E-state index >= 15 is 0 Å². The second-order valence-corrected chi connectivity index (χ2v) is 5.89. The molecule has 5 nitrogen and oxygen atoms in total. The second-order valence-electron chi connectivity index (χ2n) is 5.48. The zero-order chi connectivity index (χ0) is 17.8. The van der Waals surface area contributed by atoms with Crippen LogP contribution in [-0.4, -0.2) is 23.1 Å². The predicted molar refractivity (Wildman–Crippen MR) is 103 cm³/mol. The highest BCUT2D eigenvalue weighted by Crippen LogP contribution is 2.25. The third-order valence-electron chi connectivity index (χ3n) is 3.78. The van der Waals surface area contributed by atoms with Crippen molar-refractivity contribution in [2.24, 2.45) is 0 Å². The number of rotatable bonds is 3. The van der Waals surface area contributed by atoms with Crippen molar-refractivity contribution in [3.05, 3.63) is 65.9 Å². The van der Waals surface area contributed by atoms with E-state index < -0.39 is 0 Å². The molecule has 0 saturated carbocycles. The zero-order valence-electron chi connectivity index (χ0n) is 13.9. The molecule has 1 heterocycles. The average molecular weight is 351 g/mol. The number of nitrogens with one attached hydrogen (secondary N) is 2. The Hall–Kier alpha value is -2.99. The van der Waals surface area contributed by atoms with E-state index in [0.717, 1.165) is 16.3 Å². The Morgan fingerprint density at radius 2 is 1.84 bits per heavy atom. The molecule has 0 aliphatic carbocycles. The second kappa shape index (κ2) is 7.27. The lowest BCUT2D eigenvalue weighted by Gasteiger charge is -2.13. The molecule has 0 unspecified atom stereocenters. The van der Waals surface area contributed by atoms with E-state index in [1.165, 1.54) is 7.11 Å². The van der Waals surface area contributed by atoms with Crippen LogP contribution >= 0.6 is 12.2 Å². The minimum absolute atomic E-state index is 0.182. The predicted octanol–water partition coefficient (Wildman–Crippen LogP) is 3.68. The first-order valence-corrected chi connectivity index (χ1v) is 8.10. The van der Waals surface area contributed by atoms with Gasteiger partial charge in [0.2, 0.25) is 0 Å². The van der Waals surface area contributed by atoms with E-state index in [1.54, 1.807) is 12.3 Å². The number of hydrogen-bond acceptors (Lipinski definition) is 4. The Bertz CT molecular complexity index is 956. The molecule has 126 valence electrons. The maximum atomic E-state index is 12.6. The van der Waals surface area contributed by atoms with Crippen molar-refractivity contribution in [3.63, 3.8) is 0 Å². The topological polar surface area (TPSA) is 63.2 Å². The Balaban J connectivity index is 1.82. The molecule has 0 atom stereocenters. The van der Waals surface area contributed by atoms with E-state index in [4.69, 9.17) is 17.0 Å². The first-order valence-electron chi connectivity index (χ1n) is 7.69. The fourth-order valence-corrected chi connectivity index (χ4v) is 2.68. The van der Waals surface area contributed by atoms with Gasteiger partial charge in [0.05, 0.1) is 12.7 Å². The zero-order valence-corrected chi connectivity index (χ0v) is 14.7. The lowest BCUT2D eigenvalue weighted by molar-refractivity contribution is 0.0975. The van der Waals surface area contributed by atoms with Gasteiger partial charge in [-0.2, -0.15) is 0 Å². The number of hydrogen-bond donors (Lipinski definition) is 2. The van der Waals surface area contributed by atoms with Gasteiger partial charge >= 0.3 is 0 Å². The minimum atomic E-state index is -0.339. The molecular weight excluding hydrogens is 334 g/mol. The van der Waals surface area contributed by atoms with Gasteiger partial charge in [-0.25, -0.2) is 4.98 Å². The molecule has 0 aliphatic heterocycles. The molecule has 0 saturated heterocycles. The van der Waals surface area contributed by atoms with Crippen molar-refractivity contribution in [2.75, 3.05) is 12.4 Å². The van der Waals surface area contributed by atoms with Crippen LogP contribution in [-0.2, 0) is 0 Å². The van der Waals surface area contributed by atoms with E-state index in [2.05, 4.69) is 15.6 Å². The molecule has 2 aromatic carbocycles. The van der Waals surface area contributed by atoms with Crippen molar-refractivity contribution in [1.29, 1.82) is 0 Å². The van der Waals surface area contributed by atoms with Crippen molar-refractivity contribution in [3.8, 4) is 5.75 Å². The van der Waals surface area contributed by atoms with Crippen LogP contribution in [0.5, 0.6) is 5.75 Å². The number of aryl methyl sites for hydroxylation is 1. The molecule has 0 bridgehead atoms. The number of thiocarbonyl (C=S) groups is 1. The van der Waals surface area contributed by atoms with Crippen molar-refractivity contribution in [1.82, 2.24) is 10.3 Å². The summed E-state index contributed by atoms with van der Waals surface area (Å²) in [6.07, 6.45) is 1.66. The number of amides is 1. The standard InChI is InChI=1S/C19H17N3O2S/c1-12-6-5-9-20-17(12)21-19(25)22-18(23)15-10-13-7-3-4-8-14(13)11-16(15)24-2/h3-11H,1-2H3,(H2,20,21,22,23,25). The first kappa shape index (κ1) is 16.9. The molecule has 2 N–H and O–H groups in total. The highest BCUT2D eigenvalue weighted by Gasteiger charge is 2.15. The van der Waals surface area contributed by atoms with E-state index in [-0.39, 0.29) is 11.0 Å². The number of ether oxygens (including phenoxy) is 1. The summed E-state index contributed by atoms with van der Waals surface area (Å²) in [6, 6.07) is 15.1. The molecule has 1 amide bonds. The quantitative estimate of drug-likeness (QED) is 0.705. The van der Waals surface area contributed by atoms with Gasteiger partial charge in [-0.15, -0.1) is 0 Å². The van der Waals surface area contributed by atoms with E-state index in [9.17, 15) is 4.79 Å². The Labute approximate surface area is 151 Å². The lowest BCUT2D eigenvalue weighted by Crippen LogP contribution is -2.34. The average Bonchev–Trinajstić information content (AvgIpc) is 2.62. The third-order valence-corrected chi connectivity index (χ3v) is 3.99. The van der Waals surface area contributed by atoms with Crippen LogP contribution in [0.15, 0.2) is 54.7 Å². The number of methoxy groups -OCH3 is 1. The molecule has 3 rings (SSSR count). The third kappa shape index (κ3) is 3.75. The van der Waals surface area contributed by atoms with Crippen LogP contribution < -0.4 is 15.4 Å². The van der Waals surface area contributed by atoms with Gasteiger partial charge in [0.25, 0.3) is 5.91 Å². The number of fused-ring (bicyclic) bond motifs is 1. The van der Waals surface area contributed by atoms with Gasteiger partial charge in [-0.05, 0) is 53.7 Å². The van der Waals surface area contributed by atoms with Gasteiger partial charge in [0, 0.05) is 6.20 Å². The van der Waals surface area contributed by atoms with Gasteiger partial charge < -0.3 is 10.1 Å². The SMILES string of the molecule is COc1cc2ccccc2cc1C(=O)NC(=S)Nc1ncccc1C. The molecule has 0 fully saturated rings. The Morgan fingerprint density at radius 3 is 2.52 bits per heavy atom. The summed E-state index contributed by atoms with van der Waals surface area (Å²) in [5.41, 5.74) is 1.35. The monoisotopic (exact) mass is 351 g/mol. The van der Waals surface area contributed by atoms with Crippen LogP contribution in [0, 0.1) is 6.92 Å². The summed E-state index contributed by atoms with van der Waals surface area (Å²) in [5, 5.41) is 7.74. The number of pyridine rings is 1. The number of carbonyl (C=O) groups excluding carboxylic acids is 1. The summed E-state index contributed by atoms with van der Waals surface area (Å²) < 4.78 is 5.36. The minimum Gasteiger partial charge on any atom is -0.496 e. The molecule has 3 aromatic rings. The van der Waals surface area contributed by atoms with Gasteiger partial charge in [-0.3, -0.25) is 10.1 Å². The maximum Gasteiger partial charge on any atom is 0.261 e. The summed E-state index contributed by atoms with van der Waals surface area (Å²) in [7, 11) is 1.54. The van der Waals surface area contributed by atoms with Gasteiger partial charge in [0.1, 0.15) is 11.6 Å². The van der Waals surface area contributed by atoms with Crippen LogP contribution in [0.25, 0.3) is 10.8 Å². The maximum absolute atomic E-state index is 12.6. The fraction of sp³-hybridized carbons (Fsp3) is 0.105. The molecule has 25 heavy (non-hydrogen) atoms. The van der Waals surface area contributed by atoms with Crippen molar-refractivity contribution in [2.45, 2.75) is 6.92 Å². The van der Waals surface area contributed by atoms with E-state index in [0.29, 0.717) is 17.1 Å². The van der Waals surface area contributed by atoms with Crippen LogP contribution in [0.4, 0.5) is 5.82 Å². The lowest BCUT2D eigenvalue weighted by atomic mass is 10.1. The summed E-state index contributed by atoms with van der Waals surface area (Å²) >= 11 is 5.22. The number of benzene rings is 2. The molecule has 0 spiro atoms. The van der Waals surface area contributed by atoms with Crippen molar-refractivity contribution >= 4 is 39.8 Å². The van der Waals surface area contributed by atoms with Gasteiger partial charge in [0.15, 0.2) is 5.11 Å². The largest absolute Gasteiger partial charge is 0.496 e. The molecule has 0 radical (unpaired) electrons. The van der Waals surface area contributed by atoms with Crippen molar-refractivity contribution < 1.29 is 9.53 Å². The Kier molecular flexibility index (Phi) is 4.90. The summed E-state index contributed by atoms with van der Waals surface area (Å²) in [6.45, 7) is 1.91. The number of anilines is 1. The Morgan fingerprint density at radius 1 is 1.12 bits per heavy atom. The molecule has 0 aliphatic rings. The molecular formula is C19H17N3O2S. The number of carbonyl (C=O) groups is 1. The molecule has 1 aromatic heterocycles. The highest BCUT2D eigenvalue weighted by atomic mass is 32.1. The normalized spacial score (nSPS) is 10.3. The number of nitrogens with zero attached hydrogens (tertiary/aromatic N) is 1. The smallest absolute Gasteiger partial charge is 0.261 e. The van der Waals surface area contributed by atoms with Crippen LogP contribution in [0.2, 0.25) is 0 Å². The molecule has 6 heteroatoms. The fourth-order valence-electron chi connectivity index (χ4n) is 2.49. The van der Waals surface area contributed by atoms with Gasteiger partial charge in [-0.1, -0.05) is 30.3 Å². The van der Waals surface area contributed by atoms with Crippen LogP contribution in [0.3, 0.4) is 0 Å². The number of aromatic nitrogens is 1. The highest BCUT2D eigenvalue weighted by molar-refractivity contribution is 7.80. The van der Waals surface area contributed by atoms with Crippen LogP contribution in [0.1, 0.15) is 15.9 Å². The first-order chi connectivity index (χ1) is 12.1. The van der Waals surface area contributed by atoms with E-state index in [1.807, 2.05) is 49.4 Å². The summed E-state index contributed by atoms with van der Waals surface area (Å²) in [4.78, 5) is 16.8.